The summed E-state index contributed by atoms with van der Waals surface area (Å²) in [7, 11) is 0. The second kappa shape index (κ2) is 4.70. The van der Waals surface area contributed by atoms with Crippen molar-refractivity contribution in [1.82, 2.24) is 0 Å². The van der Waals surface area contributed by atoms with Crippen LogP contribution in [0.15, 0.2) is 36.9 Å². The first-order chi connectivity index (χ1) is 6.24. The van der Waals surface area contributed by atoms with Crippen LogP contribution in [0.3, 0.4) is 0 Å². The molecule has 0 amide bonds. The first-order valence-corrected chi connectivity index (χ1v) is 4.68. The average molecular weight is 175 g/mol. The normalized spacial score (nSPS) is 10.1. The van der Waals surface area contributed by atoms with Gasteiger partial charge in [0.25, 0.3) is 0 Å². The minimum atomic E-state index is 0.605. The predicted molar refractivity (Wildman–Crippen MR) is 59.2 cm³/mol. The molecule has 13 heavy (non-hydrogen) atoms. The van der Waals surface area contributed by atoms with Crippen LogP contribution in [-0.4, -0.2) is 6.54 Å². The molecule has 0 unspecified atom stereocenters. The number of rotatable bonds is 4. The van der Waals surface area contributed by atoms with Crippen molar-refractivity contribution < 1.29 is 0 Å². The molecule has 1 heteroatoms. The summed E-state index contributed by atoms with van der Waals surface area (Å²) in [6, 6.07) is 8.55. The van der Waals surface area contributed by atoms with Crippen molar-refractivity contribution in [3.8, 4) is 0 Å². The van der Waals surface area contributed by atoms with Gasteiger partial charge in [0.05, 0.1) is 0 Å². The highest BCUT2D eigenvalue weighted by Crippen LogP contribution is 2.16. The van der Waals surface area contributed by atoms with Gasteiger partial charge in [-0.2, -0.15) is 0 Å². The zero-order valence-corrected chi connectivity index (χ0v) is 8.38. The molecular weight excluding hydrogens is 158 g/mol. The lowest BCUT2D eigenvalue weighted by molar-refractivity contribution is 0.867. The Bertz CT molecular complexity index is 259. The Morgan fingerprint density at radius 2 is 1.92 bits per heavy atom. The van der Waals surface area contributed by atoms with Crippen LogP contribution in [0.25, 0.3) is 0 Å². The summed E-state index contributed by atoms with van der Waals surface area (Å²) in [5.74, 6) is 0.605. The topological polar surface area (TPSA) is 12.0 Å². The van der Waals surface area contributed by atoms with Gasteiger partial charge in [-0.25, -0.2) is 0 Å². The quantitative estimate of drug-likeness (QED) is 0.691. The van der Waals surface area contributed by atoms with Crippen LogP contribution >= 0.6 is 0 Å². The third kappa shape index (κ3) is 2.94. The fourth-order valence-electron chi connectivity index (χ4n) is 1.18. The molecule has 1 N–H and O–H groups in total. The number of nitrogens with one attached hydrogen (secondary N) is 1. The number of anilines is 1. The summed E-state index contributed by atoms with van der Waals surface area (Å²) in [4.78, 5) is 0. The fourth-order valence-corrected chi connectivity index (χ4v) is 1.18. The van der Waals surface area contributed by atoms with Gasteiger partial charge in [-0.15, -0.1) is 6.58 Å². The SMILES string of the molecule is C=CCNc1ccc(C(C)C)cc1. The molecule has 1 rings (SSSR count). The molecule has 1 aromatic carbocycles. The van der Waals surface area contributed by atoms with Crippen molar-refractivity contribution >= 4 is 5.69 Å². The van der Waals surface area contributed by atoms with Gasteiger partial charge in [0.2, 0.25) is 0 Å². The minimum Gasteiger partial charge on any atom is -0.382 e. The van der Waals surface area contributed by atoms with E-state index < -0.39 is 0 Å². The minimum absolute atomic E-state index is 0.605. The van der Waals surface area contributed by atoms with Gasteiger partial charge in [0, 0.05) is 12.2 Å². The van der Waals surface area contributed by atoms with Gasteiger partial charge >= 0.3 is 0 Å². The maximum atomic E-state index is 3.66. The molecule has 0 spiro atoms. The van der Waals surface area contributed by atoms with E-state index >= 15 is 0 Å². The van der Waals surface area contributed by atoms with Crippen LogP contribution in [0.4, 0.5) is 5.69 Å². The van der Waals surface area contributed by atoms with Crippen LogP contribution in [0.2, 0.25) is 0 Å². The molecule has 0 bridgehead atoms. The maximum Gasteiger partial charge on any atom is 0.0342 e. The van der Waals surface area contributed by atoms with E-state index in [2.05, 4.69) is 50.0 Å². The third-order valence-corrected chi connectivity index (χ3v) is 2.03. The Hall–Kier alpha value is -1.24. The van der Waals surface area contributed by atoms with Gasteiger partial charge in [0.1, 0.15) is 0 Å². The summed E-state index contributed by atoms with van der Waals surface area (Å²) in [5, 5.41) is 3.24. The molecule has 1 nitrogen and oxygen atoms in total. The Morgan fingerprint density at radius 1 is 1.31 bits per heavy atom. The highest BCUT2D eigenvalue weighted by Gasteiger charge is 1.97. The summed E-state index contributed by atoms with van der Waals surface area (Å²) in [6.07, 6.45) is 1.86. The zero-order valence-electron chi connectivity index (χ0n) is 8.38. The molecule has 1 aromatic rings. The van der Waals surface area contributed by atoms with Crippen molar-refractivity contribution in [3.63, 3.8) is 0 Å². The maximum absolute atomic E-state index is 3.66. The highest BCUT2D eigenvalue weighted by molar-refractivity contribution is 5.45. The smallest absolute Gasteiger partial charge is 0.0342 e. The number of hydrogen-bond acceptors (Lipinski definition) is 1. The Kier molecular flexibility index (Phi) is 3.56. The Balaban J connectivity index is 2.64. The second-order valence-corrected chi connectivity index (χ2v) is 3.45. The van der Waals surface area contributed by atoms with Crippen molar-refractivity contribution in [1.29, 1.82) is 0 Å². The lowest BCUT2D eigenvalue weighted by Crippen LogP contribution is -1.97. The van der Waals surface area contributed by atoms with Crippen LogP contribution in [-0.2, 0) is 0 Å². The van der Waals surface area contributed by atoms with Crippen LogP contribution in [0.5, 0.6) is 0 Å². The van der Waals surface area contributed by atoms with E-state index in [-0.39, 0.29) is 0 Å². The Morgan fingerprint density at radius 3 is 2.38 bits per heavy atom. The van der Waals surface area contributed by atoms with E-state index in [4.69, 9.17) is 0 Å². The lowest BCUT2D eigenvalue weighted by Gasteiger charge is -2.07. The van der Waals surface area contributed by atoms with E-state index in [0.717, 1.165) is 12.2 Å². The molecule has 0 atom stereocenters. The first-order valence-electron chi connectivity index (χ1n) is 4.68. The molecule has 0 radical (unpaired) electrons. The summed E-state index contributed by atoms with van der Waals surface area (Å²) in [5.41, 5.74) is 2.54. The predicted octanol–water partition coefficient (Wildman–Crippen LogP) is 3.41. The van der Waals surface area contributed by atoms with Crippen LogP contribution < -0.4 is 5.32 Å². The highest BCUT2D eigenvalue weighted by atomic mass is 14.8. The third-order valence-electron chi connectivity index (χ3n) is 2.03. The van der Waals surface area contributed by atoms with Crippen molar-refractivity contribution in [2.24, 2.45) is 0 Å². The Labute approximate surface area is 80.5 Å². The molecule has 0 heterocycles. The molecule has 0 fully saturated rings. The van der Waals surface area contributed by atoms with Crippen molar-refractivity contribution in [3.05, 3.63) is 42.5 Å². The van der Waals surface area contributed by atoms with Gasteiger partial charge in [-0.05, 0) is 23.6 Å². The largest absolute Gasteiger partial charge is 0.382 e. The van der Waals surface area contributed by atoms with E-state index in [1.165, 1.54) is 5.56 Å². The molecule has 0 aromatic heterocycles. The molecule has 0 aliphatic heterocycles. The average Bonchev–Trinajstić information content (AvgIpc) is 2.15. The summed E-state index contributed by atoms with van der Waals surface area (Å²) >= 11 is 0. The van der Waals surface area contributed by atoms with Gasteiger partial charge in [-0.1, -0.05) is 32.1 Å². The summed E-state index contributed by atoms with van der Waals surface area (Å²) < 4.78 is 0. The summed E-state index contributed by atoms with van der Waals surface area (Å²) in [6.45, 7) is 8.88. The van der Waals surface area contributed by atoms with Gasteiger partial charge < -0.3 is 5.32 Å². The first kappa shape index (κ1) is 9.85. The monoisotopic (exact) mass is 175 g/mol. The lowest BCUT2D eigenvalue weighted by atomic mass is 10.0. The van der Waals surface area contributed by atoms with E-state index in [1.807, 2.05) is 6.08 Å². The van der Waals surface area contributed by atoms with E-state index in [0.29, 0.717) is 5.92 Å². The van der Waals surface area contributed by atoms with Crippen molar-refractivity contribution in [2.75, 3.05) is 11.9 Å². The fraction of sp³-hybridized carbons (Fsp3) is 0.333. The molecule has 70 valence electrons. The number of hydrogen-bond donors (Lipinski definition) is 1. The second-order valence-electron chi connectivity index (χ2n) is 3.45. The van der Waals surface area contributed by atoms with Crippen LogP contribution in [0.1, 0.15) is 25.3 Å². The molecule has 0 aliphatic carbocycles. The molecular formula is C12H17N. The zero-order chi connectivity index (χ0) is 9.68. The van der Waals surface area contributed by atoms with Crippen LogP contribution in [0, 0.1) is 0 Å². The van der Waals surface area contributed by atoms with Crippen molar-refractivity contribution in [2.45, 2.75) is 19.8 Å². The van der Waals surface area contributed by atoms with E-state index in [1.54, 1.807) is 0 Å². The molecule has 0 saturated carbocycles. The number of benzene rings is 1. The standard InChI is InChI=1S/C12H17N/c1-4-9-13-12-7-5-11(6-8-12)10(2)3/h4-8,10,13H,1,9H2,2-3H3. The molecule has 0 aliphatic rings. The van der Waals surface area contributed by atoms with Gasteiger partial charge in [0.15, 0.2) is 0 Å². The van der Waals surface area contributed by atoms with E-state index in [9.17, 15) is 0 Å². The van der Waals surface area contributed by atoms with Gasteiger partial charge in [-0.3, -0.25) is 0 Å². The molecule has 0 saturated heterocycles.